The molecule has 0 fully saturated rings. The molecule has 0 unspecified atom stereocenters. The molecule has 0 atom stereocenters. The highest BCUT2D eigenvalue weighted by Gasteiger charge is 2.32. The van der Waals surface area contributed by atoms with Gasteiger partial charge in [0.15, 0.2) is 12.3 Å². The van der Waals surface area contributed by atoms with E-state index in [4.69, 9.17) is 4.74 Å². The highest BCUT2D eigenvalue weighted by molar-refractivity contribution is 6.11. The van der Waals surface area contributed by atoms with Crippen LogP contribution >= 0.6 is 0 Å². The van der Waals surface area contributed by atoms with Crippen LogP contribution in [0.4, 0.5) is 0 Å². The summed E-state index contributed by atoms with van der Waals surface area (Å²) in [6.07, 6.45) is 7.45. The SMILES string of the molecule is CCCC.CCn1ncc(C(=O)c2cc(C)c3c(c2C)C(C)(C)CCC3)c1O[C-]=O. The lowest BCUT2D eigenvalue weighted by Gasteiger charge is -2.36. The minimum Gasteiger partial charge on any atom is -0.596 e. The van der Waals surface area contributed by atoms with Crippen molar-refractivity contribution in [1.29, 1.82) is 0 Å². The third kappa shape index (κ3) is 4.66. The summed E-state index contributed by atoms with van der Waals surface area (Å²) in [6.45, 7) is 16.7. The number of fused-ring (bicyclic) bond motifs is 1. The molecule has 5 heteroatoms. The van der Waals surface area contributed by atoms with Crippen LogP contribution < -0.4 is 4.74 Å². The van der Waals surface area contributed by atoms with Gasteiger partial charge in [-0.25, -0.2) is 0 Å². The molecule has 3 rings (SSSR count). The van der Waals surface area contributed by atoms with E-state index in [0.717, 1.165) is 24.0 Å². The number of unbranched alkanes of at least 4 members (excludes halogenated alkanes) is 1. The van der Waals surface area contributed by atoms with Gasteiger partial charge in [-0.2, -0.15) is 5.10 Å². The summed E-state index contributed by atoms with van der Waals surface area (Å²) in [5.41, 5.74) is 5.83. The van der Waals surface area contributed by atoms with Gasteiger partial charge < -0.3 is 14.2 Å². The first kappa shape index (κ1) is 23.8. The van der Waals surface area contributed by atoms with E-state index in [0.29, 0.717) is 17.7 Å². The molecule has 0 radical (unpaired) electrons. The Bertz CT molecular complexity index is 908. The number of ketones is 1. The second-order valence-corrected chi connectivity index (χ2v) is 8.65. The largest absolute Gasteiger partial charge is 0.596 e. The number of nitrogens with zero attached hydrogens (tertiary/aromatic N) is 2. The Balaban J connectivity index is 0.000000735. The molecule has 1 aromatic heterocycles. The van der Waals surface area contributed by atoms with Crippen LogP contribution in [-0.4, -0.2) is 22.0 Å². The molecule has 164 valence electrons. The molecule has 0 amide bonds. The maximum Gasteiger partial charge on any atom is 0.182 e. The second kappa shape index (κ2) is 10.1. The Hall–Kier alpha value is -2.43. The van der Waals surface area contributed by atoms with Gasteiger partial charge in [0.25, 0.3) is 0 Å². The third-order valence-corrected chi connectivity index (χ3v) is 6.04. The number of ether oxygens (including phenoxy) is 1. The molecule has 0 N–H and O–H groups in total. The van der Waals surface area contributed by atoms with E-state index in [1.54, 1.807) is 0 Å². The predicted molar refractivity (Wildman–Crippen MR) is 120 cm³/mol. The van der Waals surface area contributed by atoms with Crippen molar-refractivity contribution in [2.75, 3.05) is 0 Å². The summed E-state index contributed by atoms with van der Waals surface area (Å²) >= 11 is 0. The zero-order valence-corrected chi connectivity index (χ0v) is 19.5. The predicted octanol–water partition coefficient (Wildman–Crippen LogP) is 5.62. The highest BCUT2D eigenvalue weighted by atomic mass is 16.5. The average molecular weight is 412 g/mol. The Morgan fingerprint density at radius 1 is 1.20 bits per heavy atom. The normalized spacial score (nSPS) is 14.4. The Morgan fingerprint density at radius 3 is 2.43 bits per heavy atom. The van der Waals surface area contributed by atoms with Crippen LogP contribution in [0.3, 0.4) is 0 Å². The summed E-state index contributed by atoms with van der Waals surface area (Å²) in [5.74, 6) is -0.0127. The van der Waals surface area contributed by atoms with E-state index in [2.05, 4.69) is 39.7 Å². The molecule has 0 spiro atoms. The first-order chi connectivity index (χ1) is 14.2. The average Bonchev–Trinajstić information content (AvgIpc) is 3.12. The van der Waals surface area contributed by atoms with Crippen LogP contribution in [0.15, 0.2) is 12.3 Å². The molecule has 0 aliphatic heterocycles. The number of aryl methyl sites for hydroxylation is 2. The fraction of sp³-hybridized carbons (Fsp3) is 0.560. The van der Waals surface area contributed by atoms with Crippen molar-refractivity contribution < 1.29 is 14.3 Å². The molecule has 1 aliphatic carbocycles. The molecule has 30 heavy (non-hydrogen) atoms. The van der Waals surface area contributed by atoms with Gasteiger partial charge in [0.05, 0.1) is 5.88 Å². The third-order valence-electron chi connectivity index (χ3n) is 6.04. The zero-order chi connectivity index (χ0) is 22.5. The summed E-state index contributed by atoms with van der Waals surface area (Å²) < 4.78 is 6.43. The second-order valence-electron chi connectivity index (χ2n) is 8.65. The van der Waals surface area contributed by atoms with Crippen LogP contribution in [0.1, 0.15) is 98.5 Å². The van der Waals surface area contributed by atoms with Crippen molar-refractivity contribution >= 4 is 12.3 Å². The van der Waals surface area contributed by atoms with Gasteiger partial charge in [-0.15, -0.1) is 0 Å². The van der Waals surface area contributed by atoms with E-state index >= 15 is 0 Å². The maximum absolute atomic E-state index is 13.3. The fourth-order valence-electron chi connectivity index (χ4n) is 4.32. The minimum absolute atomic E-state index is 0.0439. The maximum atomic E-state index is 13.3. The molecule has 0 saturated heterocycles. The molecule has 2 aromatic rings. The smallest absolute Gasteiger partial charge is 0.182 e. The first-order valence-corrected chi connectivity index (χ1v) is 11.0. The van der Waals surface area contributed by atoms with Crippen molar-refractivity contribution in [3.63, 3.8) is 0 Å². The standard InChI is InChI=1S/C21H25N2O3.C4H10/c1-6-23-20(26-12-24)17(11-22-23)19(25)16-10-13(2)15-8-7-9-21(4,5)18(15)14(16)3;1-3-4-2/h10-11H,6-9H2,1-5H3;3-4H2,1-2H3/q-1;. The summed E-state index contributed by atoms with van der Waals surface area (Å²) in [4.78, 5) is 24.0. The summed E-state index contributed by atoms with van der Waals surface area (Å²) in [5, 5.41) is 4.16. The van der Waals surface area contributed by atoms with Crippen molar-refractivity contribution in [1.82, 2.24) is 9.78 Å². The monoisotopic (exact) mass is 411 g/mol. The van der Waals surface area contributed by atoms with Gasteiger partial charge in [-0.3, -0.25) is 4.79 Å². The van der Waals surface area contributed by atoms with Crippen molar-refractivity contribution in [2.45, 2.75) is 92.5 Å². The van der Waals surface area contributed by atoms with Crippen LogP contribution in [-0.2, 0) is 23.2 Å². The topological polar surface area (TPSA) is 61.2 Å². The molecular formula is C25H35N2O3-. The molecule has 5 nitrogen and oxygen atoms in total. The molecule has 0 bridgehead atoms. The molecule has 0 saturated carbocycles. The molecular weight excluding hydrogens is 376 g/mol. The van der Waals surface area contributed by atoms with Gasteiger partial charge in [-0.1, -0.05) is 40.5 Å². The van der Waals surface area contributed by atoms with E-state index < -0.39 is 0 Å². The van der Waals surface area contributed by atoms with Gasteiger partial charge in [0.2, 0.25) is 0 Å². The Kier molecular flexibility index (Phi) is 7.99. The number of aromatic nitrogens is 2. The van der Waals surface area contributed by atoms with Gasteiger partial charge in [-0.05, 0) is 73.8 Å². The number of carbonyl (C=O) groups excluding carboxylic acids is 2. The number of rotatable bonds is 6. The fourth-order valence-corrected chi connectivity index (χ4v) is 4.32. The summed E-state index contributed by atoms with van der Waals surface area (Å²) in [7, 11) is 0. The van der Waals surface area contributed by atoms with Gasteiger partial charge in [0, 0.05) is 23.9 Å². The van der Waals surface area contributed by atoms with Crippen LogP contribution in [0.2, 0.25) is 0 Å². The number of hydrogen-bond donors (Lipinski definition) is 0. The summed E-state index contributed by atoms with van der Waals surface area (Å²) in [6, 6.07) is 1.97. The van der Waals surface area contributed by atoms with Gasteiger partial charge in [0.1, 0.15) is 0 Å². The molecule has 1 aromatic carbocycles. The van der Waals surface area contributed by atoms with Crippen LogP contribution in [0, 0.1) is 13.8 Å². The lowest BCUT2D eigenvalue weighted by atomic mass is 9.68. The van der Waals surface area contributed by atoms with Crippen LogP contribution in [0.5, 0.6) is 5.88 Å². The zero-order valence-electron chi connectivity index (χ0n) is 19.5. The number of carbonyl (C=O) groups is 1. The van der Waals surface area contributed by atoms with E-state index in [1.165, 1.54) is 47.7 Å². The Labute approximate surface area is 180 Å². The van der Waals surface area contributed by atoms with E-state index in [1.807, 2.05) is 19.9 Å². The lowest BCUT2D eigenvalue weighted by Crippen LogP contribution is -2.27. The Morgan fingerprint density at radius 2 is 1.87 bits per heavy atom. The molecule has 1 heterocycles. The first-order valence-electron chi connectivity index (χ1n) is 11.0. The highest BCUT2D eigenvalue weighted by Crippen LogP contribution is 2.41. The number of benzene rings is 1. The van der Waals surface area contributed by atoms with Crippen molar-refractivity contribution in [3.05, 3.63) is 45.6 Å². The van der Waals surface area contributed by atoms with E-state index in [-0.39, 0.29) is 17.1 Å². The minimum atomic E-state index is -0.167. The number of hydrogen-bond acceptors (Lipinski definition) is 4. The van der Waals surface area contributed by atoms with Crippen LogP contribution in [0.25, 0.3) is 0 Å². The quantitative estimate of drug-likeness (QED) is 0.457. The molecule has 1 aliphatic rings. The van der Waals surface area contributed by atoms with E-state index in [9.17, 15) is 9.59 Å². The van der Waals surface area contributed by atoms with Crippen molar-refractivity contribution in [3.8, 4) is 5.88 Å². The lowest BCUT2D eigenvalue weighted by molar-refractivity contribution is 0.103. The van der Waals surface area contributed by atoms with Gasteiger partial charge >= 0.3 is 0 Å². The van der Waals surface area contributed by atoms with Crippen molar-refractivity contribution in [2.24, 2.45) is 0 Å².